The molecule has 31 heavy (non-hydrogen) atoms. The summed E-state index contributed by atoms with van der Waals surface area (Å²) in [7, 11) is 0. The van der Waals surface area contributed by atoms with E-state index in [9.17, 15) is 14.4 Å². The van der Waals surface area contributed by atoms with Gasteiger partial charge in [-0.3, -0.25) is 14.4 Å². The van der Waals surface area contributed by atoms with Crippen LogP contribution in [0.1, 0.15) is 74.2 Å². The Morgan fingerprint density at radius 3 is 2.58 bits per heavy atom. The van der Waals surface area contributed by atoms with Gasteiger partial charge >= 0.3 is 0 Å². The van der Waals surface area contributed by atoms with E-state index in [1.54, 1.807) is 6.92 Å². The second kappa shape index (κ2) is 9.25. The standard InChI is InChI=1S/C25H33N3O3/c1-19(29)27-15-12-25(13-16-27,28-18-21-9-5-6-10-22(21)24(28)31)17-23(30)26-14-11-20-7-3-2-4-8-20/h5-7,9-10H,2-4,8,11-18H2,1H3,(H,26,30). The van der Waals surface area contributed by atoms with Crippen LogP contribution in [0, 0.1) is 0 Å². The molecular formula is C25H33N3O3. The molecule has 3 amide bonds. The van der Waals surface area contributed by atoms with E-state index in [1.165, 1.54) is 18.4 Å². The predicted octanol–water partition coefficient (Wildman–Crippen LogP) is 3.42. The number of allylic oxidation sites excluding steroid dienone is 1. The molecular weight excluding hydrogens is 390 g/mol. The topological polar surface area (TPSA) is 69.7 Å². The second-order valence-corrected chi connectivity index (χ2v) is 9.16. The third-order valence-electron chi connectivity index (χ3n) is 7.18. The highest BCUT2D eigenvalue weighted by atomic mass is 16.2. The predicted molar refractivity (Wildman–Crippen MR) is 119 cm³/mol. The monoisotopic (exact) mass is 423 g/mol. The van der Waals surface area contributed by atoms with Crippen molar-refractivity contribution in [1.29, 1.82) is 0 Å². The third kappa shape index (κ3) is 4.68. The fraction of sp³-hybridized carbons (Fsp3) is 0.560. The zero-order valence-electron chi connectivity index (χ0n) is 18.5. The number of benzene rings is 1. The van der Waals surface area contributed by atoms with Crippen LogP contribution in [0.15, 0.2) is 35.9 Å². The summed E-state index contributed by atoms with van der Waals surface area (Å²) in [6.45, 7) is 3.92. The van der Waals surface area contributed by atoms with Gasteiger partial charge in [-0.05, 0) is 56.6 Å². The van der Waals surface area contributed by atoms with E-state index >= 15 is 0 Å². The zero-order valence-corrected chi connectivity index (χ0v) is 18.5. The largest absolute Gasteiger partial charge is 0.356 e. The van der Waals surface area contributed by atoms with Crippen molar-refractivity contribution in [2.45, 2.75) is 70.4 Å². The van der Waals surface area contributed by atoms with Crippen molar-refractivity contribution >= 4 is 17.7 Å². The van der Waals surface area contributed by atoms with Crippen LogP contribution in [0.25, 0.3) is 0 Å². The first kappa shape index (κ1) is 21.6. The summed E-state index contributed by atoms with van der Waals surface area (Å²) < 4.78 is 0. The zero-order chi connectivity index (χ0) is 21.8. The first-order chi connectivity index (χ1) is 15.0. The number of amides is 3. The van der Waals surface area contributed by atoms with Gasteiger partial charge in [-0.15, -0.1) is 0 Å². The molecule has 0 spiro atoms. The van der Waals surface area contributed by atoms with Crippen molar-refractivity contribution in [2.24, 2.45) is 0 Å². The quantitative estimate of drug-likeness (QED) is 0.713. The maximum Gasteiger partial charge on any atom is 0.254 e. The molecule has 2 aliphatic heterocycles. The van der Waals surface area contributed by atoms with E-state index in [2.05, 4.69) is 11.4 Å². The van der Waals surface area contributed by atoms with Gasteiger partial charge in [0, 0.05) is 38.7 Å². The minimum Gasteiger partial charge on any atom is -0.356 e. The first-order valence-corrected chi connectivity index (χ1v) is 11.6. The van der Waals surface area contributed by atoms with E-state index in [4.69, 9.17) is 0 Å². The number of hydrogen-bond donors (Lipinski definition) is 1. The Balaban J connectivity index is 1.45. The average molecular weight is 424 g/mol. The van der Waals surface area contributed by atoms with E-state index < -0.39 is 5.54 Å². The Labute approximate surface area is 184 Å². The van der Waals surface area contributed by atoms with Gasteiger partial charge in [0.25, 0.3) is 5.91 Å². The number of carbonyl (C=O) groups excluding carboxylic acids is 3. The van der Waals surface area contributed by atoms with Gasteiger partial charge in [0.1, 0.15) is 0 Å². The van der Waals surface area contributed by atoms with Crippen molar-refractivity contribution < 1.29 is 14.4 Å². The Bertz CT molecular complexity index is 884. The molecule has 0 saturated carbocycles. The summed E-state index contributed by atoms with van der Waals surface area (Å²) in [5, 5.41) is 3.10. The molecule has 166 valence electrons. The lowest BCUT2D eigenvalue weighted by molar-refractivity contribution is -0.132. The number of carbonyl (C=O) groups is 3. The molecule has 1 aromatic rings. The van der Waals surface area contributed by atoms with Crippen molar-refractivity contribution in [2.75, 3.05) is 19.6 Å². The molecule has 0 aromatic heterocycles. The van der Waals surface area contributed by atoms with Gasteiger partial charge in [-0.1, -0.05) is 29.8 Å². The fourth-order valence-corrected chi connectivity index (χ4v) is 5.27. The van der Waals surface area contributed by atoms with Crippen molar-refractivity contribution in [3.05, 3.63) is 47.0 Å². The van der Waals surface area contributed by atoms with Crippen LogP contribution in [0.5, 0.6) is 0 Å². The number of nitrogens with zero attached hydrogens (tertiary/aromatic N) is 2. The maximum absolute atomic E-state index is 13.2. The van der Waals surface area contributed by atoms with Crippen molar-refractivity contribution in [3.8, 4) is 0 Å². The van der Waals surface area contributed by atoms with Crippen LogP contribution in [0.3, 0.4) is 0 Å². The van der Waals surface area contributed by atoms with E-state index in [0.29, 0.717) is 39.0 Å². The molecule has 6 heteroatoms. The molecule has 0 unspecified atom stereocenters. The van der Waals surface area contributed by atoms with E-state index in [-0.39, 0.29) is 24.1 Å². The molecule has 3 aliphatic rings. The van der Waals surface area contributed by atoms with Crippen LogP contribution in [-0.4, -0.2) is 52.7 Å². The first-order valence-electron chi connectivity index (χ1n) is 11.6. The number of hydrogen-bond acceptors (Lipinski definition) is 3. The van der Waals surface area contributed by atoms with Crippen LogP contribution >= 0.6 is 0 Å². The molecule has 0 atom stereocenters. The Morgan fingerprint density at radius 1 is 1.13 bits per heavy atom. The lowest BCUT2D eigenvalue weighted by atomic mass is 9.82. The second-order valence-electron chi connectivity index (χ2n) is 9.16. The van der Waals surface area contributed by atoms with Crippen molar-refractivity contribution in [3.63, 3.8) is 0 Å². The van der Waals surface area contributed by atoms with Gasteiger partial charge in [0.05, 0.1) is 12.0 Å². The van der Waals surface area contributed by atoms with Crippen molar-refractivity contribution in [1.82, 2.24) is 15.1 Å². The lowest BCUT2D eigenvalue weighted by Gasteiger charge is -2.47. The van der Waals surface area contributed by atoms with E-state index in [1.807, 2.05) is 34.1 Å². The van der Waals surface area contributed by atoms with Gasteiger partial charge < -0.3 is 15.1 Å². The average Bonchev–Trinajstić information content (AvgIpc) is 3.12. The van der Waals surface area contributed by atoms with Crippen LogP contribution < -0.4 is 5.32 Å². The molecule has 0 bridgehead atoms. The van der Waals surface area contributed by atoms with E-state index in [0.717, 1.165) is 30.4 Å². The molecule has 1 saturated heterocycles. The Morgan fingerprint density at radius 2 is 1.90 bits per heavy atom. The SMILES string of the molecule is CC(=O)N1CCC(CC(=O)NCCC2=CCCCC2)(N2Cc3ccccc3C2=O)CC1. The minimum absolute atomic E-state index is 0.00330. The molecule has 6 nitrogen and oxygen atoms in total. The van der Waals surface area contributed by atoms with Gasteiger partial charge in [-0.2, -0.15) is 0 Å². The van der Waals surface area contributed by atoms with Crippen LogP contribution in [0.2, 0.25) is 0 Å². The normalized spacial score (nSPS) is 20.3. The fourth-order valence-electron chi connectivity index (χ4n) is 5.27. The number of rotatable bonds is 6. The number of likely N-dealkylation sites (tertiary alicyclic amines) is 1. The highest BCUT2D eigenvalue weighted by molar-refractivity contribution is 5.99. The summed E-state index contributed by atoms with van der Waals surface area (Å²) in [5.74, 6) is 0.0540. The molecule has 1 aliphatic carbocycles. The van der Waals surface area contributed by atoms with Crippen LogP contribution in [-0.2, 0) is 16.1 Å². The number of piperidine rings is 1. The molecule has 1 aromatic carbocycles. The highest BCUT2D eigenvalue weighted by Crippen LogP contribution is 2.38. The highest BCUT2D eigenvalue weighted by Gasteiger charge is 2.47. The summed E-state index contributed by atoms with van der Waals surface area (Å²) in [6.07, 6.45) is 9.57. The Kier molecular flexibility index (Phi) is 6.44. The molecule has 1 N–H and O–H groups in total. The number of fused-ring (bicyclic) bond motifs is 1. The van der Waals surface area contributed by atoms with Gasteiger partial charge in [0.2, 0.25) is 11.8 Å². The summed E-state index contributed by atoms with van der Waals surface area (Å²) in [5.41, 5.74) is 2.66. The smallest absolute Gasteiger partial charge is 0.254 e. The summed E-state index contributed by atoms with van der Waals surface area (Å²) in [4.78, 5) is 41.8. The molecule has 4 rings (SSSR count). The lowest BCUT2D eigenvalue weighted by Crippen LogP contribution is -2.58. The van der Waals surface area contributed by atoms with Gasteiger partial charge in [0.15, 0.2) is 0 Å². The molecule has 2 heterocycles. The Hall–Kier alpha value is -2.63. The maximum atomic E-state index is 13.2. The van der Waals surface area contributed by atoms with Gasteiger partial charge in [-0.25, -0.2) is 0 Å². The molecule has 0 radical (unpaired) electrons. The molecule has 1 fully saturated rings. The van der Waals surface area contributed by atoms with Crippen LogP contribution in [0.4, 0.5) is 0 Å². The third-order valence-corrected chi connectivity index (χ3v) is 7.18. The minimum atomic E-state index is -0.545. The summed E-state index contributed by atoms with van der Waals surface area (Å²) >= 11 is 0. The number of nitrogens with one attached hydrogen (secondary N) is 1. The summed E-state index contributed by atoms with van der Waals surface area (Å²) in [6, 6.07) is 7.70.